The first-order valence-corrected chi connectivity index (χ1v) is 6.89. The van der Waals surface area contributed by atoms with E-state index in [1.54, 1.807) is 0 Å². The van der Waals surface area contributed by atoms with E-state index < -0.39 is 0 Å². The van der Waals surface area contributed by atoms with Gasteiger partial charge in [0.1, 0.15) is 0 Å². The van der Waals surface area contributed by atoms with E-state index in [2.05, 4.69) is 56.2 Å². The number of rotatable bonds is 5. The van der Waals surface area contributed by atoms with Crippen LogP contribution < -0.4 is 5.32 Å². The molecule has 0 saturated heterocycles. The van der Waals surface area contributed by atoms with E-state index in [1.807, 2.05) is 13.0 Å². The maximum absolute atomic E-state index is 9.28. The third-order valence-corrected chi connectivity index (χ3v) is 4.71. The summed E-state index contributed by atoms with van der Waals surface area (Å²) in [5, 5.41) is 12.7. The Morgan fingerprint density at radius 3 is 2.50 bits per heavy atom. The normalized spacial score (nSPS) is 14.8. The summed E-state index contributed by atoms with van der Waals surface area (Å²) in [6, 6.07) is 6.16. The number of aliphatic hydroxyl groups is 1. The first-order valence-electron chi connectivity index (χ1n) is 5.30. The zero-order valence-corrected chi connectivity index (χ0v) is 12.7. The van der Waals surface area contributed by atoms with Crippen LogP contribution in [0.25, 0.3) is 0 Å². The second kappa shape index (κ2) is 6.15. The second-order valence-corrected chi connectivity index (χ2v) is 5.88. The summed E-state index contributed by atoms with van der Waals surface area (Å²) in [5.41, 5.74) is 1.00. The van der Waals surface area contributed by atoms with Crippen molar-refractivity contribution in [1.29, 1.82) is 0 Å². The van der Waals surface area contributed by atoms with Gasteiger partial charge in [-0.05, 0) is 62.9 Å². The Balaban J connectivity index is 2.64. The lowest BCUT2D eigenvalue weighted by Gasteiger charge is -2.27. The Hall–Kier alpha value is 0.1000. The van der Waals surface area contributed by atoms with Crippen molar-refractivity contribution in [2.75, 3.05) is 6.61 Å². The maximum Gasteiger partial charge on any atom is 0.0610 e. The number of hydrogen-bond donors (Lipinski definition) is 2. The molecule has 2 nitrogen and oxygen atoms in total. The molecule has 0 amide bonds. The van der Waals surface area contributed by atoms with E-state index in [0.717, 1.165) is 21.9 Å². The largest absolute Gasteiger partial charge is 0.394 e. The highest BCUT2D eigenvalue weighted by atomic mass is 79.9. The van der Waals surface area contributed by atoms with Crippen LogP contribution in [0.1, 0.15) is 25.8 Å². The molecule has 1 rings (SSSR count). The molecule has 16 heavy (non-hydrogen) atoms. The van der Waals surface area contributed by atoms with Crippen molar-refractivity contribution in [2.45, 2.75) is 32.4 Å². The molecule has 1 unspecified atom stereocenters. The Labute approximate surface area is 114 Å². The molecule has 0 fully saturated rings. The fraction of sp³-hybridized carbons (Fsp3) is 0.500. The fourth-order valence-corrected chi connectivity index (χ4v) is 1.93. The van der Waals surface area contributed by atoms with E-state index in [-0.39, 0.29) is 12.1 Å². The molecule has 0 heterocycles. The predicted octanol–water partition coefficient (Wildman–Crippen LogP) is 3.46. The standard InChI is InChI=1S/C12H17Br2NO/c1-3-12(2,8-16)15-7-9-4-5-10(13)11(14)6-9/h4-6,15-16H,3,7-8H2,1-2H3. The van der Waals surface area contributed by atoms with Gasteiger partial charge in [-0.1, -0.05) is 13.0 Å². The first kappa shape index (κ1) is 14.2. The molecule has 1 aromatic rings. The number of hydrogen-bond acceptors (Lipinski definition) is 2. The minimum atomic E-state index is -0.195. The van der Waals surface area contributed by atoms with Crippen LogP contribution in [-0.4, -0.2) is 17.3 Å². The Morgan fingerprint density at radius 2 is 2.00 bits per heavy atom. The maximum atomic E-state index is 9.28. The topological polar surface area (TPSA) is 32.3 Å². The zero-order chi connectivity index (χ0) is 12.2. The number of halogens is 2. The Bertz CT molecular complexity index is 351. The highest BCUT2D eigenvalue weighted by Crippen LogP contribution is 2.24. The average molecular weight is 351 g/mol. The molecule has 90 valence electrons. The zero-order valence-electron chi connectivity index (χ0n) is 9.56. The van der Waals surface area contributed by atoms with Gasteiger partial charge in [-0.25, -0.2) is 0 Å². The fourth-order valence-electron chi connectivity index (χ4n) is 1.26. The van der Waals surface area contributed by atoms with Gasteiger partial charge in [0.25, 0.3) is 0 Å². The molecular formula is C12H17Br2NO. The molecule has 0 saturated carbocycles. The van der Waals surface area contributed by atoms with Crippen LogP contribution in [0.15, 0.2) is 27.1 Å². The van der Waals surface area contributed by atoms with Crippen LogP contribution in [0.4, 0.5) is 0 Å². The van der Waals surface area contributed by atoms with Crippen LogP contribution in [0.2, 0.25) is 0 Å². The predicted molar refractivity (Wildman–Crippen MR) is 74.5 cm³/mol. The smallest absolute Gasteiger partial charge is 0.0610 e. The third kappa shape index (κ3) is 3.84. The van der Waals surface area contributed by atoms with E-state index >= 15 is 0 Å². The van der Waals surface area contributed by atoms with Gasteiger partial charge >= 0.3 is 0 Å². The SMILES string of the molecule is CCC(C)(CO)NCc1ccc(Br)c(Br)c1. The minimum absolute atomic E-state index is 0.154. The minimum Gasteiger partial charge on any atom is -0.394 e. The summed E-state index contributed by atoms with van der Waals surface area (Å²) in [7, 11) is 0. The van der Waals surface area contributed by atoms with E-state index in [0.29, 0.717) is 0 Å². The van der Waals surface area contributed by atoms with Crippen LogP contribution >= 0.6 is 31.9 Å². The molecule has 4 heteroatoms. The van der Waals surface area contributed by atoms with E-state index in [9.17, 15) is 5.11 Å². The second-order valence-electron chi connectivity index (χ2n) is 4.17. The van der Waals surface area contributed by atoms with Gasteiger partial charge in [-0.3, -0.25) is 0 Å². The summed E-state index contributed by atoms with van der Waals surface area (Å²) in [5.74, 6) is 0. The molecule has 2 N–H and O–H groups in total. The number of aliphatic hydroxyl groups excluding tert-OH is 1. The van der Waals surface area contributed by atoms with Crippen molar-refractivity contribution in [3.05, 3.63) is 32.7 Å². The number of nitrogens with one attached hydrogen (secondary N) is 1. The van der Waals surface area contributed by atoms with Gasteiger partial charge in [-0.15, -0.1) is 0 Å². The van der Waals surface area contributed by atoms with E-state index in [4.69, 9.17) is 0 Å². The van der Waals surface area contributed by atoms with Gasteiger partial charge in [-0.2, -0.15) is 0 Å². The van der Waals surface area contributed by atoms with Gasteiger partial charge in [0.15, 0.2) is 0 Å². The quantitative estimate of drug-likeness (QED) is 0.852. The summed E-state index contributed by atoms with van der Waals surface area (Å²) < 4.78 is 2.10. The van der Waals surface area contributed by atoms with Crippen molar-refractivity contribution < 1.29 is 5.11 Å². The summed E-state index contributed by atoms with van der Waals surface area (Å²) in [4.78, 5) is 0. The van der Waals surface area contributed by atoms with Gasteiger partial charge in [0, 0.05) is 21.0 Å². The highest BCUT2D eigenvalue weighted by Gasteiger charge is 2.19. The molecule has 1 atom stereocenters. The average Bonchev–Trinajstić information content (AvgIpc) is 2.30. The Kier molecular flexibility index (Phi) is 5.44. The van der Waals surface area contributed by atoms with Crippen molar-refractivity contribution in [1.82, 2.24) is 5.32 Å². The monoisotopic (exact) mass is 349 g/mol. The molecule has 1 aromatic carbocycles. The lowest BCUT2D eigenvalue weighted by Crippen LogP contribution is -2.44. The van der Waals surface area contributed by atoms with E-state index in [1.165, 1.54) is 5.56 Å². The molecular weight excluding hydrogens is 334 g/mol. The molecule has 0 aliphatic rings. The third-order valence-electron chi connectivity index (χ3n) is 2.83. The lowest BCUT2D eigenvalue weighted by molar-refractivity contribution is 0.169. The van der Waals surface area contributed by atoms with Gasteiger partial charge < -0.3 is 10.4 Å². The van der Waals surface area contributed by atoms with Crippen LogP contribution in [0.3, 0.4) is 0 Å². The van der Waals surface area contributed by atoms with Crippen LogP contribution in [0.5, 0.6) is 0 Å². The Morgan fingerprint density at radius 1 is 1.31 bits per heavy atom. The molecule has 0 radical (unpaired) electrons. The summed E-state index contributed by atoms with van der Waals surface area (Å²) >= 11 is 6.92. The molecule has 0 spiro atoms. The number of benzene rings is 1. The van der Waals surface area contributed by atoms with Crippen molar-refractivity contribution >= 4 is 31.9 Å². The lowest BCUT2D eigenvalue weighted by atomic mass is 10.00. The van der Waals surface area contributed by atoms with Crippen LogP contribution in [-0.2, 0) is 6.54 Å². The molecule has 0 aliphatic carbocycles. The molecule has 0 bridgehead atoms. The van der Waals surface area contributed by atoms with Crippen LogP contribution in [0, 0.1) is 0 Å². The highest BCUT2D eigenvalue weighted by molar-refractivity contribution is 9.13. The molecule has 0 aromatic heterocycles. The van der Waals surface area contributed by atoms with Crippen molar-refractivity contribution in [3.63, 3.8) is 0 Å². The summed E-state index contributed by atoms with van der Waals surface area (Å²) in [6.45, 7) is 5.01. The van der Waals surface area contributed by atoms with Gasteiger partial charge in [0.2, 0.25) is 0 Å². The first-order chi connectivity index (χ1) is 7.50. The van der Waals surface area contributed by atoms with Gasteiger partial charge in [0.05, 0.1) is 6.61 Å². The molecule has 0 aliphatic heterocycles. The van der Waals surface area contributed by atoms with Crippen molar-refractivity contribution in [2.24, 2.45) is 0 Å². The summed E-state index contributed by atoms with van der Waals surface area (Å²) in [6.07, 6.45) is 0.904. The van der Waals surface area contributed by atoms with Crippen molar-refractivity contribution in [3.8, 4) is 0 Å².